The van der Waals surface area contributed by atoms with Gasteiger partial charge in [-0.3, -0.25) is 9.69 Å². The van der Waals surface area contributed by atoms with Crippen LogP contribution in [0, 0.1) is 0 Å². The number of benzene rings is 1. The van der Waals surface area contributed by atoms with E-state index in [1.54, 1.807) is 0 Å². The second-order valence-electron chi connectivity index (χ2n) is 8.20. The predicted octanol–water partition coefficient (Wildman–Crippen LogP) is 5.26. The normalized spacial score (nSPS) is 17.3. The summed E-state index contributed by atoms with van der Waals surface area (Å²) in [7, 11) is 0. The van der Waals surface area contributed by atoms with Gasteiger partial charge in [0.2, 0.25) is 0 Å². The Morgan fingerprint density at radius 2 is 1.76 bits per heavy atom. The van der Waals surface area contributed by atoms with Crippen LogP contribution in [0.3, 0.4) is 0 Å². The van der Waals surface area contributed by atoms with E-state index in [-0.39, 0.29) is 5.91 Å². The van der Waals surface area contributed by atoms with E-state index in [2.05, 4.69) is 17.1 Å². The summed E-state index contributed by atoms with van der Waals surface area (Å²) >= 11 is 0. The highest BCUT2D eigenvalue weighted by atomic mass is 16.5. The highest BCUT2D eigenvalue weighted by Crippen LogP contribution is 2.23. The van der Waals surface area contributed by atoms with Gasteiger partial charge >= 0.3 is 0 Å². The van der Waals surface area contributed by atoms with Crippen molar-refractivity contribution >= 4 is 11.6 Å². The minimum absolute atomic E-state index is 0.0784. The number of hydrogen-bond acceptors (Lipinski definition) is 4. The fourth-order valence-electron chi connectivity index (χ4n) is 3.83. The molecule has 1 fully saturated rings. The first kappa shape index (κ1) is 23.7. The van der Waals surface area contributed by atoms with Crippen molar-refractivity contribution < 1.29 is 14.3 Å². The van der Waals surface area contributed by atoms with Crippen molar-refractivity contribution in [3.63, 3.8) is 0 Å². The number of rotatable bonds is 12. The second-order valence-corrected chi connectivity index (χ2v) is 8.20. The molecule has 1 aromatic carbocycles. The Kier molecular flexibility index (Phi) is 10.5. The Balaban J connectivity index is 1.81. The molecule has 0 unspecified atom stereocenters. The fourth-order valence-corrected chi connectivity index (χ4v) is 3.83. The van der Waals surface area contributed by atoms with E-state index in [9.17, 15) is 4.79 Å². The van der Waals surface area contributed by atoms with E-state index in [0.29, 0.717) is 13.2 Å². The molecular formula is C24H40N2O3. The number of anilines is 1. The van der Waals surface area contributed by atoms with Gasteiger partial charge in [0.15, 0.2) is 0 Å². The maximum absolute atomic E-state index is 12.8. The largest absolute Gasteiger partial charge is 0.492 e. The Morgan fingerprint density at radius 1 is 1.07 bits per heavy atom. The summed E-state index contributed by atoms with van der Waals surface area (Å²) in [6.45, 7) is 10.6. The predicted molar refractivity (Wildman–Crippen MR) is 120 cm³/mol. The van der Waals surface area contributed by atoms with Gasteiger partial charge in [0.25, 0.3) is 5.91 Å². The van der Waals surface area contributed by atoms with E-state index < -0.39 is 5.60 Å². The maximum Gasteiger partial charge on any atom is 0.256 e. The minimum Gasteiger partial charge on any atom is -0.492 e. The molecular weight excluding hydrogens is 364 g/mol. The number of ether oxygens (including phenoxy) is 2. The third kappa shape index (κ3) is 8.35. The van der Waals surface area contributed by atoms with Gasteiger partial charge in [-0.15, -0.1) is 0 Å². The molecule has 29 heavy (non-hydrogen) atoms. The van der Waals surface area contributed by atoms with E-state index >= 15 is 0 Å². The van der Waals surface area contributed by atoms with Crippen molar-refractivity contribution in [1.29, 1.82) is 0 Å². The van der Waals surface area contributed by atoms with Gasteiger partial charge in [0.1, 0.15) is 18.0 Å². The summed E-state index contributed by atoms with van der Waals surface area (Å²) in [4.78, 5) is 15.3. The van der Waals surface area contributed by atoms with Gasteiger partial charge < -0.3 is 14.8 Å². The molecule has 1 aliphatic heterocycles. The van der Waals surface area contributed by atoms with E-state index in [1.807, 2.05) is 38.1 Å². The molecule has 2 rings (SSSR count). The van der Waals surface area contributed by atoms with Crippen molar-refractivity contribution in [3.05, 3.63) is 24.3 Å². The summed E-state index contributed by atoms with van der Waals surface area (Å²) in [6.07, 6.45) is 9.27. The van der Waals surface area contributed by atoms with Gasteiger partial charge in [-0.05, 0) is 70.5 Å². The van der Waals surface area contributed by atoms with Crippen molar-refractivity contribution in [2.24, 2.45) is 0 Å². The average molecular weight is 405 g/mol. The number of unbranched alkanes of at least 4 members (excludes halogenated alkanes) is 2. The van der Waals surface area contributed by atoms with Crippen LogP contribution in [0.1, 0.15) is 72.1 Å². The number of nitrogens with one attached hydrogen (secondary N) is 1. The van der Waals surface area contributed by atoms with Crippen LogP contribution < -0.4 is 10.1 Å². The molecule has 1 atom stereocenters. The molecule has 0 aromatic heterocycles. The lowest BCUT2D eigenvalue weighted by molar-refractivity contribution is -0.139. The van der Waals surface area contributed by atoms with Gasteiger partial charge in [0, 0.05) is 18.8 Å². The molecule has 1 amide bonds. The first-order chi connectivity index (χ1) is 14.1. The zero-order valence-corrected chi connectivity index (χ0v) is 18.7. The molecule has 0 saturated carbocycles. The molecule has 5 nitrogen and oxygen atoms in total. The van der Waals surface area contributed by atoms with E-state index in [0.717, 1.165) is 43.7 Å². The lowest BCUT2D eigenvalue weighted by Crippen LogP contribution is -2.42. The Hall–Kier alpha value is -1.59. The zero-order valence-electron chi connectivity index (χ0n) is 18.7. The lowest BCUT2D eigenvalue weighted by atomic mass is 9.96. The Morgan fingerprint density at radius 3 is 2.38 bits per heavy atom. The Labute approximate surface area is 177 Å². The van der Waals surface area contributed by atoms with E-state index in [4.69, 9.17) is 9.47 Å². The minimum atomic E-state index is -0.785. The van der Waals surface area contributed by atoms with Gasteiger partial charge in [0.05, 0.1) is 0 Å². The molecule has 0 spiro atoms. The standard InChI is InChI=1S/C24H40N2O3/c1-4-6-9-16-24(3,29-5-2)23(27)25-21-12-14-22(15-13-21)28-20-19-26-17-10-7-8-11-18-26/h12-15H,4-11,16-20H2,1-3H3,(H,25,27)/t24-/m0/s1. The van der Waals surface area contributed by atoms with Crippen LogP contribution in [0.15, 0.2) is 24.3 Å². The molecule has 5 heteroatoms. The lowest BCUT2D eigenvalue weighted by Gasteiger charge is -2.28. The molecule has 1 aromatic rings. The fraction of sp³-hybridized carbons (Fsp3) is 0.708. The molecule has 1 saturated heterocycles. The first-order valence-electron chi connectivity index (χ1n) is 11.5. The Bertz CT molecular complexity index is 582. The van der Waals surface area contributed by atoms with Crippen molar-refractivity contribution in [2.45, 2.75) is 77.7 Å². The SMILES string of the molecule is CCCCC[C@](C)(OCC)C(=O)Nc1ccc(OCCN2CCCCCC2)cc1. The van der Waals surface area contributed by atoms with Crippen LogP contribution in [-0.2, 0) is 9.53 Å². The van der Waals surface area contributed by atoms with Crippen molar-refractivity contribution in [2.75, 3.05) is 38.2 Å². The summed E-state index contributed by atoms with van der Waals surface area (Å²) in [6, 6.07) is 7.65. The van der Waals surface area contributed by atoms with Gasteiger partial charge in [-0.1, -0.05) is 39.0 Å². The summed E-state index contributed by atoms with van der Waals surface area (Å²) in [5.74, 6) is 0.763. The van der Waals surface area contributed by atoms with Crippen molar-refractivity contribution in [3.8, 4) is 5.75 Å². The number of carbonyl (C=O) groups excluding carboxylic acids is 1. The highest BCUT2D eigenvalue weighted by Gasteiger charge is 2.33. The zero-order chi connectivity index (χ0) is 21.0. The number of carbonyl (C=O) groups is 1. The van der Waals surface area contributed by atoms with Crippen LogP contribution in [0.2, 0.25) is 0 Å². The molecule has 1 heterocycles. The summed E-state index contributed by atoms with van der Waals surface area (Å²) < 4.78 is 11.7. The monoisotopic (exact) mass is 404 g/mol. The number of amides is 1. The number of nitrogens with zero attached hydrogens (tertiary/aromatic N) is 1. The summed E-state index contributed by atoms with van der Waals surface area (Å²) in [5.41, 5.74) is -0.0111. The molecule has 0 radical (unpaired) electrons. The van der Waals surface area contributed by atoms with Crippen LogP contribution in [-0.4, -0.2) is 49.3 Å². The third-order valence-corrected chi connectivity index (χ3v) is 5.69. The number of hydrogen-bond donors (Lipinski definition) is 1. The molecule has 1 N–H and O–H groups in total. The smallest absolute Gasteiger partial charge is 0.256 e. The van der Waals surface area contributed by atoms with E-state index in [1.165, 1.54) is 38.8 Å². The average Bonchev–Trinajstić information content (AvgIpc) is 2.98. The topological polar surface area (TPSA) is 50.8 Å². The van der Waals surface area contributed by atoms with Crippen LogP contribution in [0.4, 0.5) is 5.69 Å². The second kappa shape index (κ2) is 12.9. The highest BCUT2D eigenvalue weighted by molar-refractivity contribution is 5.97. The molecule has 1 aliphatic rings. The molecule has 0 aliphatic carbocycles. The molecule has 164 valence electrons. The van der Waals surface area contributed by atoms with Crippen molar-refractivity contribution in [1.82, 2.24) is 4.90 Å². The summed E-state index contributed by atoms with van der Waals surface area (Å²) in [5, 5.41) is 3.01. The maximum atomic E-state index is 12.8. The quantitative estimate of drug-likeness (QED) is 0.483. The van der Waals surface area contributed by atoms with Crippen LogP contribution in [0.5, 0.6) is 5.75 Å². The third-order valence-electron chi connectivity index (χ3n) is 5.69. The van der Waals surface area contributed by atoms with Gasteiger partial charge in [-0.25, -0.2) is 0 Å². The number of likely N-dealkylation sites (tertiary alicyclic amines) is 1. The van der Waals surface area contributed by atoms with Crippen LogP contribution >= 0.6 is 0 Å². The first-order valence-corrected chi connectivity index (χ1v) is 11.5. The van der Waals surface area contributed by atoms with Gasteiger partial charge in [-0.2, -0.15) is 0 Å². The molecule has 0 bridgehead atoms. The van der Waals surface area contributed by atoms with Crippen LogP contribution in [0.25, 0.3) is 0 Å².